The molecule has 1 saturated heterocycles. The second-order valence-corrected chi connectivity index (χ2v) is 8.80. The number of aliphatic hydroxyl groups is 1. The van der Waals surface area contributed by atoms with Gasteiger partial charge in [0.05, 0.1) is 31.1 Å². The maximum Gasteiger partial charge on any atom is 0.265 e. The third-order valence-electron chi connectivity index (χ3n) is 4.91. The molecule has 0 spiro atoms. The number of carbonyl (C=O) groups excluding carboxylic acids is 1. The molecule has 0 aliphatic carbocycles. The molecule has 0 radical (unpaired) electrons. The Morgan fingerprint density at radius 2 is 2.17 bits per heavy atom. The lowest BCUT2D eigenvalue weighted by atomic mass is 10.2. The molecule has 2 aromatic rings. The van der Waals surface area contributed by atoms with Crippen molar-refractivity contribution in [3.05, 3.63) is 41.0 Å². The van der Waals surface area contributed by atoms with Crippen molar-refractivity contribution in [3.63, 3.8) is 0 Å². The van der Waals surface area contributed by atoms with Crippen LogP contribution in [0.1, 0.15) is 16.8 Å². The molecule has 2 aliphatic heterocycles. The van der Waals surface area contributed by atoms with Gasteiger partial charge < -0.3 is 19.5 Å². The van der Waals surface area contributed by atoms with E-state index in [9.17, 15) is 18.3 Å². The fourth-order valence-corrected chi connectivity index (χ4v) is 4.92. The van der Waals surface area contributed by atoms with Crippen molar-refractivity contribution >= 4 is 33.2 Å². The van der Waals surface area contributed by atoms with Crippen LogP contribution in [0.3, 0.4) is 0 Å². The summed E-state index contributed by atoms with van der Waals surface area (Å²) in [6.07, 6.45) is 1.05. The summed E-state index contributed by atoms with van der Waals surface area (Å²) in [5, 5.41) is 10.3. The number of rotatable bonds is 4. The minimum Gasteiger partial charge on any atom is -0.495 e. The molecule has 154 valence electrons. The minimum atomic E-state index is -4.06. The number of pyridine rings is 1. The zero-order chi connectivity index (χ0) is 20.8. The minimum absolute atomic E-state index is 0.0842. The number of halogens is 1. The van der Waals surface area contributed by atoms with Crippen molar-refractivity contribution in [1.29, 1.82) is 0 Å². The molecule has 4 rings (SSSR count). The van der Waals surface area contributed by atoms with Crippen LogP contribution in [0.15, 0.2) is 35.4 Å². The first-order chi connectivity index (χ1) is 13.8. The Hall–Kier alpha value is -2.56. The highest BCUT2D eigenvalue weighted by atomic mass is 35.5. The predicted octanol–water partition coefficient (Wildman–Crippen LogP) is 1.51. The number of benzene rings is 1. The average molecular weight is 440 g/mol. The normalized spacial score (nSPS) is 21.1. The number of amides is 1. The smallest absolute Gasteiger partial charge is 0.265 e. The van der Waals surface area contributed by atoms with Crippen LogP contribution >= 0.6 is 11.6 Å². The summed E-state index contributed by atoms with van der Waals surface area (Å²) in [6.45, 7) is 0.515. The van der Waals surface area contributed by atoms with E-state index in [2.05, 4.69) is 9.71 Å². The van der Waals surface area contributed by atoms with Crippen molar-refractivity contribution in [2.45, 2.75) is 23.5 Å². The van der Waals surface area contributed by atoms with Crippen LogP contribution in [0, 0.1) is 0 Å². The maximum absolute atomic E-state index is 12.9. The highest BCUT2D eigenvalue weighted by Gasteiger charge is 2.40. The van der Waals surface area contributed by atoms with Gasteiger partial charge in [0.15, 0.2) is 0 Å². The molecule has 11 heteroatoms. The van der Waals surface area contributed by atoms with E-state index < -0.39 is 22.2 Å². The Balaban J connectivity index is 1.67. The van der Waals surface area contributed by atoms with E-state index in [1.54, 1.807) is 0 Å². The van der Waals surface area contributed by atoms with Crippen molar-refractivity contribution in [2.75, 3.05) is 25.0 Å². The van der Waals surface area contributed by atoms with Crippen LogP contribution in [-0.2, 0) is 10.0 Å². The van der Waals surface area contributed by atoms with Gasteiger partial charge in [-0.05, 0) is 30.7 Å². The lowest BCUT2D eigenvalue weighted by Crippen LogP contribution is -2.41. The molecular formula is C18H18ClN3O6S. The van der Waals surface area contributed by atoms with E-state index in [1.165, 1.54) is 42.5 Å². The first-order valence-corrected chi connectivity index (χ1v) is 10.6. The number of aliphatic hydroxyl groups excluding tert-OH is 1. The van der Waals surface area contributed by atoms with E-state index in [4.69, 9.17) is 21.1 Å². The summed E-state index contributed by atoms with van der Waals surface area (Å²) in [5.41, 5.74) is 0.209. The molecule has 1 aromatic heterocycles. The second kappa shape index (κ2) is 7.36. The van der Waals surface area contributed by atoms with Crippen molar-refractivity contribution in [3.8, 4) is 11.6 Å². The van der Waals surface area contributed by atoms with E-state index in [0.29, 0.717) is 13.0 Å². The van der Waals surface area contributed by atoms with Crippen LogP contribution in [0.2, 0.25) is 5.02 Å². The Labute approximate surface area is 172 Å². The Bertz CT molecular complexity index is 1080. The molecule has 0 bridgehead atoms. The number of sulfonamides is 1. The fourth-order valence-electron chi connectivity index (χ4n) is 3.46. The van der Waals surface area contributed by atoms with Gasteiger partial charge in [-0.1, -0.05) is 11.6 Å². The van der Waals surface area contributed by atoms with Gasteiger partial charge in [0.1, 0.15) is 22.8 Å². The molecule has 3 heterocycles. The first kappa shape index (κ1) is 19.7. The number of nitrogens with zero attached hydrogens (tertiary/aromatic N) is 2. The molecule has 0 unspecified atom stereocenters. The molecule has 9 nitrogen and oxygen atoms in total. The molecule has 0 saturated carbocycles. The fraction of sp³-hybridized carbons (Fsp3) is 0.333. The zero-order valence-corrected chi connectivity index (χ0v) is 16.9. The SMILES string of the molecule is COc1ccc(Cl)cc1S(=O)(=O)Nc1cnc2c(c1)C(=O)N1CC[C@H](O)[C@@H]1CO2. The number of nitrogens with one attached hydrogen (secondary N) is 1. The highest BCUT2D eigenvalue weighted by molar-refractivity contribution is 7.92. The standard InChI is InChI=1S/C18H18ClN3O6S/c1-27-15-3-2-10(19)6-16(15)29(25,26)21-11-7-12-17(20-8-11)28-9-13-14(23)4-5-22(13)18(12)24/h2-3,6-8,13-14,21,23H,4-5,9H2,1H3/t13-,14-/m0/s1. The number of fused-ring (bicyclic) bond motifs is 2. The molecule has 2 atom stereocenters. The summed E-state index contributed by atoms with van der Waals surface area (Å²) < 4.78 is 38.8. The van der Waals surface area contributed by atoms with Crippen LogP contribution in [0.4, 0.5) is 5.69 Å². The number of ether oxygens (including phenoxy) is 2. The number of aromatic nitrogens is 1. The largest absolute Gasteiger partial charge is 0.495 e. The number of anilines is 1. The summed E-state index contributed by atoms with van der Waals surface area (Å²) in [5.74, 6) is -0.147. The quantitative estimate of drug-likeness (QED) is 0.741. The van der Waals surface area contributed by atoms with Crippen LogP contribution in [-0.4, -0.2) is 61.7 Å². The van der Waals surface area contributed by atoms with Crippen LogP contribution in [0.5, 0.6) is 11.6 Å². The van der Waals surface area contributed by atoms with E-state index >= 15 is 0 Å². The van der Waals surface area contributed by atoms with Crippen LogP contribution in [0.25, 0.3) is 0 Å². The maximum atomic E-state index is 12.9. The van der Waals surface area contributed by atoms with Gasteiger partial charge in [0.25, 0.3) is 15.9 Å². The van der Waals surface area contributed by atoms with Crippen molar-refractivity contribution < 1.29 is 27.8 Å². The topological polar surface area (TPSA) is 118 Å². The molecule has 1 amide bonds. The van der Waals surface area contributed by atoms with Gasteiger partial charge in [0, 0.05) is 11.6 Å². The van der Waals surface area contributed by atoms with E-state index in [0.717, 1.165) is 0 Å². The van der Waals surface area contributed by atoms with Gasteiger partial charge in [0.2, 0.25) is 5.88 Å². The first-order valence-electron chi connectivity index (χ1n) is 8.78. The van der Waals surface area contributed by atoms with Gasteiger partial charge in [-0.2, -0.15) is 0 Å². The summed E-state index contributed by atoms with van der Waals surface area (Å²) in [4.78, 5) is 18.3. The number of carbonyl (C=O) groups is 1. The highest BCUT2D eigenvalue weighted by Crippen LogP contribution is 2.32. The summed E-state index contributed by atoms with van der Waals surface area (Å²) in [6, 6.07) is 5.14. The summed E-state index contributed by atoms with van der Waals surface area (Å²) >= 11 is 5.93. The molecule has 2 aliphatic rings. The zero-order valence-electron chi connectivity index (χ0n) is 15.3. The molecule has 1 fully saturated rings. The van der Waals surface area contributed by atoms with E-state index in [-0.39, 0.29) is 45.3 Å². The lowest BCUT2D eigenvalue weighted by Gasteiger charge is -2.22. The number of methoxy groups -OCH3 is 1. The van der Waals surface area contributed by atoms with Gasteiger partial charge in [-0.25, -0.2) is 13.4 Å². The van der Waals surface area contributed by atoms with E-state index in [1.807, 2.05) is 0 Å². The van der Waals surface area contributed by atoms with Crippen molar-refractivity contribution in [1.82, 2.24) is 9.88 Å². The third-order valence-corrected chi connectivity index (χ3v) is 6.55. The third kappa shape index (κ3) is 3.59. The number of hydrogen-bond acceptors (Lipinski definition) is 7. The Kier molecular flexibility index (Phi) is 5.01. The second-order valence-electron chi connectivity index (χ2n) is 6.71. The van der Waals surface area contributed by atoms with Crippen LogP contribution < -0.4 is 14.2 Å². The van der Waals surface area contributed by atoms with Gasteiger partial charge in [-0.15, -0.1) is 0 Å². The molecule has 29 heavy (non-hydrogen) atoms. The Morgan fingerprint density at radius 1 is 1.38 bits per heavy atom. The predicted molar refractivity (Wildman–Crippen MR) is 104 cm³/mol. The van der Waals surface area contributed by atoms with Gasteiger partial charge >= 0.3 is 0 Å². The average Bonchev–Trinajstić information content (AvgIpc) is 2.99. The van der Waals surface area contributed by atoms with Gasteiger partial charge in [-0.3, -0.25) is 9.52 Å². The lowest BCUT2D eigenvalue weighted by molar-refractivity contribution is 0.0580. The number of hydrogen-bond donors (Lipinski definition) is 2. The molecule has 2 N–H and O–H groups in total. The molecular weight excluding hydrogens is 422 g/mol. The molecule has 1 aromatic carbocycles. The monoisotopic (exact) mass is 439 g/mol. The Morgan fingerprint density at radius 3 is 2.93 bits per heavy atom. The van der Waals surface area contributed by atoms with Crippen molar-refractivity contribution in [2.24, 2.45) is 0 Å². The summed E-state index contributed by atoms with van der Waals surface area (Å²) in [7, 11) is -2.71.